The van der Waals surface area contributed by atoms with Crippen LogP contribution < -0.4 is 5.32 Å². The molecule has 0 spiro atoms. The monoisotopic (exact) mass is 303 g/mol. The third kappa shape index (κ3) is 3.61. The number of halogens is 1. The number of amides is 1. The van der Waals surface area contributed by atoms with Gasteiger partial charge in [-0.05, 0) is 42.8 Å². The predicted molar refractivity (Wildman–Crippen MR) is 81.9 cm³/mol. The van der Waals surface area contributed by atoms with Gasteiger partial charge in [-0.3, -0.25) is 4.79 Å². The third-order valence-electron chi connectivity index (χ3n) is 2.91. The van der Waals surface area contributed by atoms with E-state index in [0.717, 1.165) is 5.56 Å². The summed E-state index contributed by atoms with van der Waals surface area (Å²) in [5.41, 5.74) is 2.22. The fraction of sp³-hybridized carbons (Fsp3) is 0.125. The van der Waals surface area contributed by atoms with E-state index in [0.29, 0.717) is 21.8 Å². The highest BCUT2D eigenvalue weighted by Crippen LogP contribution is 2.20. The van der Waals surface area contributed by atoms with Gasteiger partial charge < -0.3 is 10.1 Å². The summed E-state index contributed by atoms with van der Waals surface area (Å²) in [4.78, 5) is 23.6. The van der Waals surface area contributed by atoms with Crippen molar-refractivity contribution in [1.29, 1.82) is 0 Å². The molecule has 0 aromatic heterocycles. The fourth-order valence-corrected chi connectivity index (χ4v) is 2.17. The average molecular weight is 304 g/mol. The van der Waals surface area contributed by atoms with Crippen LogP contribution in [0.5, 0.6) is 0 Å². The third-order valence-corrected chi connectivity index (χ3v) is 3.22. The van der Waals surface area contributed by atoms with Crippen LogP contribution in [0.15, 0.2) is 42.5 Å². The summed E-state index contributed by atoms with van der Waals surface area (Å²) in [7, 11) is 1.31. The highest BCUT2D eigenvalue weighted by atomic mass is 35.5. The summed E-state index contributed by atoms with van der Waals surface area (Å²) in [5, 5.41) is 3.09. The molecule has 0 aliphatic heterocycles. The standard InChI is InChI=1S/C16H14ClNO3/c1-10-6-7-13(14(17)8-10)15(19)18-12-5-3-4-11(9-12)16(20)21-2/h3-9H,1-2H3,(H,18,19). The largest absolute Gasteiger partial charge is 0.465 e. The number of nitrogens with one attached hydrogen (secondary N) is 1. The highest BCUT2D eigenvalue weighted by molar-refractivity contribution is 6.34. The number of hydrogen-bond acceptors (Lipinski definition) is 3. The Morgan fingerprint density at radius 1 is 1.14 bits per heavy atom. The molecule has 0 unspecified atom stereocenters. The van der Waals surface area contributed by atoms with Crippen molar-refractivity contribution in [2.75, 3.05) is 12.4 Å². The van der Waals surface area contributed by atoms with E-state index in [-0.39, 0.29) is 5.91 Å². The van der Waals surface area contributed by atoms with Gasteiger partial charge in [0.15, 0.2) is 0 Å². The highest BCUT2D eigenvalue weighted by Gasteiger charge is 2.12. The number of esters is 1. The van der Waals surface area contributed by atoms with Crippen molar-refractivity contribution in [2.45, 2.75) is 6.92 Å². The first-order valence-electron chi connectivity index (χ1n) is 6.27. The molecular formula is C16H14ClNO3. The minimum Gasteiger partial charge on any atom is -0.465 e. The van der Waals surface area contributed by atoms with Gasteiger partial charge in [0.1, 0.15) is 0 Å². The van der Waals surface area contributed by atoms with E-state index >= 15 is 0 Å². The molecule has 21 heavy (non-hydrogen) atoms. The van der Waals surface area contributed by atoms with Gasteiger partial charge >= 0.3 is 5.97 Å². The minimum absolute atomic E-state index is 0.331. The van der Waals surface area contributed by atoms with Crippen LogP contribution in [-0.2, 0) is 4.74 Å². The van der Waals surface area contributed by atoms with E-state index in [1.807, 2.05) is 13.0 Å². The summed E-state index contributed by atoms with van der Waals surface area (Å²) in [5.74, 6) is -0.790. The molecule has 4 nitrogen and oxygen atoms in total. The van der Waals surface area contributed by atoms with Crippen LogP contribution in [0.3, 0.4) is 0 Å². The summed E-state index contributed by atoms with van der Waals surface area (Å²) in [6.07, 6.45) is 0. The number of rotatable bonds is 3. The molecule has 0 radical (unpaired) electrons. The Labute approximate surface area is 127 Å². The summed E-state index contributed by atoms with van der Waals surface area (Å²) >= 11 is 6.06. The fourth-order valence-electron chi connectivity index (χ4n) is 1.84. The molecular weight excluding hydrogens is 290 g/mol. The minimum atomic E-state index is -0.459. The number of hydrogen-bond donors (Lipinski definition) is 1. The Balaban J connectivity index is 2.21. The van der Waals surface area contributed by atoms with Crippen molar-refractivity contribution in [3.8, 4) is 0 Å². The molecule has 0 saturated carbocycles. The maximum absolute atomic E-state index is 12.2. The molecule has 0 aliphatic rings. The zero-order chi connectivity index (χ0) is 15.4. The molecule has 5 heteroatoms. The number of carbonyl (C=O) groups is 2. The van der Waals surface area contributed by atoms with Crippen molar-refractivity contribution in [3.05, 3.63) is 64.2 Å². The predicted octanol–water partition coefficient (Wildman–Crippen LogP) is 3.69. The van der Waals surface area contributed by atoms with Gasteiger partial charge in [0.25, 0.3) is 5.91 Å². The quantitative estimate of drug-likeness (QED) is 0.880. The molecule has 2 aromatic carbocycles. The van der Waals surface area contributed by atoms with Crippen molar-refractivity contribution in [2.24, 2.45) is 0 Å². The van der Waals surface area contributed by atoms with Crippen molar-refractivity contribution < 1.29 is 14.3 Å². The Morgan fingerprint density at radius 3 is 2.57 bits per heavy atom. The lowest BCUT2D eigenvalue weighted by Gasteiger charge is -2.08. The molecule has 0 atom stereocenters. The van der Waals surface area contributed by atoms with Crippen molar-refractivity contribution >= 4 is 29.2 Å². The Morgan fingerprint density at radius 2 is 1.90 bits per heavy atom. The zero-order valence-electron chi connectivity index (χ0n) is 11.6. The van der Waals surface area contributed by atoms with Gasteiger partial charge in [0.2, 0.25) is 0 Å². The van der Waals surface area contributed by atoms with Gasteiger partial charge in [-0.2, -0.15) is 0 Å². The van der Waals surface area contributed by atoms with Gasteiger partial charge in [0.05, 0.1) is 23.3 Å². The molecule has 2 rings (SSSR count). The second-order valence-corrected chi connectivity index (χ2v) is 4.92. The molecule has 1 amide bonds. The second-order valence-electron chi connectivity index (χ2n) is 4.51. The van der Waals surface area contributed by atoms with Gasteiger partial charge in [0, 0.05) is 5.69 Å². The van der Waals surface area contributed by atoms with Crippen LogP contribution in [-0.4, -0.2) is 19.0 Å². The topological polar surface area (TPSA) is 55.4 Å². The number of methoxy groups -OCH3 is 1. The van der Waals surface area contributed by atoms with E-state index in [1.165, 1.54) is 7.11 Å². The van der Waals surface area contributed by atoms with Crippen LogP contribution in [0, 0.1) is 6.92 Å². The van der Waals surface area contributed by atoms with Crippen molar-refractivity contribution in [3.63, 3.8) is 0 Å². The van der Waals surface area contributed by atoms with Crippen LogP contribution in [0.4, 0.5) is 5.69 Å². The number of carbonyl (C=O) groups excluding carboxylic acids is 2. The maximum atomic E-state index is 12.2. The zero-order valence-corrected chi connectivity index (χ0v) is 12.4. The van der Waals surface area contributed by atoms with Crippen LogP contribution in [0.1, 0.15) is 26.3 Å². The molecule has 0 bridgehead atoms. The lowest BCUT2D eigenvalue weighted by molar-refractivity contribution is 0.0600. The maximum Gasteiger partial charge on any atom is 0.337 e. The first kappa shape index (κ1) is 15.1. The summed E-state index contributed by atoms with van der Waals surface area (Å²) < 4.78 is 4.64. The summed E-state index contributed by atoms with van der Waals surface area (Å²) in [6, 6.07) is 11.7. The molecule has 2 aromatic rings. The van der Waals surface area contributed by atoms with Crippen LogP contribution >= 0.6 is 11.6 Å². The molecule has 108 valence electrons. The SMILES string of the molecule is COC(=O)c1cccc(NC(=O)c2ccc(C)cc2Cl)c1. The Bertz CT molecular complexity index is 698. The normalized spacial score (nSPS) is 10.0. The van der Waals surface area contributed by atoms with Crippen LogP contribution in [0.2, 0.25) is 5.02 Å². The Hall–Kier alpha value is -2.33. The Kier molecular flexibility index (Phi) is 4.60. The van der Waals surface area contributed by atoms with Gasteiger partial charge in [-0.25, -0.2) is 4.79 Å². The lowest BCUT2D eigenvalue weighted by atomic mass is 10.1. The summed E-state index contributed by atoms with van der Waals surface area (Å²) in [6.45, 7) is 1.90. The molecule has 0 aliphatic carbocycles. The first-order chi connectivity index (χ1) is 10.0. The van der Waals surface area contributed by atoms with E-state index in [9.17, 15) is 9.59 Å². The smallest absolute Gasteiger partial charge is 0.337 e. The van der Waals surface area contributed by atoms with E-state index in [2.05, 4.69) is 10.1 Å². The van der Waals surface area contributed by atoms with Crippen molar-refractivity contribution in [1.82, 2.24) is 0 Å². The molecule has 0 saturated heterocycles. The van der Waals surface area contributed by atoms with Gasteiger partial charge in [-0.15, -0.1) is 0 Å². The van der Waals surface area contributed by atoms with E-state index in [4.69, 9.17) is 11.6 Å². The number of benzene rings is 2. The van der Waals surface area contributed by atoms with E-state index in [1.54, 1.807) is 36.4 Å². The molecule has 1 N–H and O–H groups in total. The van der Waals surface area contributed by atoms with E-state index < -0.39 is 5.97 Å². The average Bonchev–Trinajstić information content (AvgIpc) is 2.46. The van der Waals surface area contributed by atoms with Gasteiger partial charge in [-0.1, -0.05) is 23.7 Å². The second kappa shape index (κ2) is 6.41. The molecule has 0 fully saturated rings. The molecule has 0 heterocycles. The number of ether oxygens (including phenoxy) is 1. The number of aryl methyl sites for hydroxylation is 1. The first-order valence-corrected chi connectivity index (χ1v) is 6.65. The van der Waals surface area contributed by atoms with Crippen LogP contribution in [0.25, 0.3) is 0 Å². The number of anilines is 1. The lowest BCUT2D eigenvalue weighted by Crippen LogP contribution is -2.13.